The number of benzene rings is 1. The highest BCUT2D eigenvalue weighted by Crippen LogP contribution is 2.52. The topological polar surface area (TPSA) is 119 Å². The van der Waals surface area contributed by atoms with Crippen molar-refractivity contribution in [2.45, 2.75) is 50.5 Å². The van der Waals surface area contributed by atoms with Gasteiger partial charge in [0.2, 0.25) is 0 Å². The standard InChI is InChI=1S/C25H27N5O3/c1-14-18-6-7-30(24(18)28-13-27-14)20-11-25(23(32)22(20)31)10-17(33-12-25)8-15-2-3-16-4-5-21(26)29-19(16)9-15/h2-7,9,13,17,20,22-23,31-32H,8,10-12H2,1H3,(H2,26,29). The third kappa shape index (κ3) is 3.28. The molecule has 2 aliphatic rings. The van der Waals surface area contributed by atoms with Crippen molar-refractivity contribution >= 4 is 27.8 Å². The molecule has 4 aromatic rings. The Bertz CT molecular complexity index is 1350. The number of nitrogens with two attached hydrogens (primary N) is 1. The number of fused-ring (bicyclic) bond motifs is 2. The minimum Gasteiger partial charge on any atom is -0.390 e. The summed E-state index contributed by atoms with van der Waals surface area (Å²) in [5.74, 6) is 0.503. The van der Waals surface area contributed by atoms with Crippen molar-refractivity contribution in [3.05, 3.63) is 60.2 Å². The summed E-state index contributed by atoms with van der Waals surface area (Å²) in [6, 6.07) is 11.7. The zero-order valence-electron chi connectivity index (χ0n) is 18.4. The molecule has 1 saturated carbocycles. The second-order valence-corrected chi connectivity index (χ2v) is 9.59. The molecule has 8 nitrogen and oxygen atoms in total. The second-order valence-electron chi connectivity index (χ2n) is 9.59. The fourth-order valence-corrected chi connectivity index (χ4v) is 5.76. The van der Waals surface area contributed by atoms with Gasteiger partial charge in [-0.1, -0.05) is 12.1 Å². The second kappa shape index (κ2) is 7.48. The molecule has 8 heteroatoms. The highest BCUT2D eigenvalue weighted by atomic mass is 16.5. The SMILES string of the molecule is Cc1ncnc2c1ccn2C1CC2(COC(Cc3ccc4ccc(N)nc4c3)C2)C(O)C1O. The van der Waals surface area contributed by atoms with E-state index >= 15 is 0 Å². The third-order valence-corrected chi connectivity index (χ3v) is 7.51. The maximum atomic E-state index is 11.1. The first-order chi connectivity index (χ1) is 15.9. The summed E-state index contributed by atoms with van der Waals surface area (Å²) in [6.45, 7) is 2.38. The van der Waals surface area contributed by atoms with Crippen molar-refractivity contribution in [3.63, 3.8) is 0 Å². The van der Waals surface area contributed by atoms with Crippen molar-refractivity contribution in [1.82, 2.24) is 19.5 Å². The average molecular weight is 446 g/mol. The van der Waals surface area contributed by atoms with Gasteiger partial charge in [0.05, 0.1) is 36.1 Å². The maximum Gasteiger partial charge on any atom is 0.143 e. The number of anilines is 1. The van der Waals surface area contributed by atoms with Crippen LogP contribution in [-0.2, 0) is 11.2 Å². The van der Waals surface area contributed by atoms with Gasteiger partial charge in [-0.15, -0.1) is 0 Å². The number of hydrogen-bond acceptors (Lipinski definition) is 7. The van der Waals surface area contributed by atoms with Crippen LogP contribution in [0.15, 0.2) is 48.9 Å². The molecule has 1 spiro atoms. The first kappa shape index (κ1) is 20.5. The van der Waals surface area contributed by atoms with E-state index in [2.05, 4.69) is 27.1 Å². The molecule has 33 heavy (non-hydrogen) atoms. The van der Waals surface area contributed by atoms with Crippen molar-refractivity contribution in [2.24, 2.45) is 5.41 Å². The largest absolute Gasteiger partial charge is 0.390 e. The Kier molecular flexibility index (Phi) is 4.65. The van der Waals surface area contributed by atoms with Crippen LogP contribution in [0, 0.1) is 12.3 Å². The highest BCUT2D eigenvalue weighted by molar-refractivity contribution is 5.80. The molecule has 3 aromatic heterocycles. The van der Waals surface area contributed by atoms with Gasteiger partial charge in [0.1, 0.15) is 23.9 Å². The van der Waals surface area contributed by atoms with E-state index in [1.54, 1.807) is 12.4 Å². The zero-order chi connectivity index (χ0) is 22.7. The molecule has 170 valence electrons. The van der Waals surface area contributed by atoms with Crippen molar-refractivity contribution < 1.29 is 14.9 Å². The summed E-state index contributed by atoms with van der Waals surface area (Å²) in [4.78, 5) is 13.1. The van der Waals surface area contributed by atoms with Crippen LogP contribution in [0.1, 0.15) is 30.1 Å². The lowest BCUT2D eigenvalue weighted by Gasteiger charge is -2.26. The molecule has 2 fully saturated rings. The number of aliphatic hydroxyl groups excluding tert-OH is 2. The quantitative estimate of drug-likeness (QED) is 0.443. The van der Waals surface area contributed by atoms with Crippen LogP contribution in [0.5, 0.6) is 0 Å². The Balaban J connectivity index is 1.23. The van der Waals surface area contributed by atoms with Gasteiger partial charge in [-0.05, 0) is 56.0 Å². The summed E-state index contributed by atoms with van der Waals surface area (Å²) < 4.78 is 8.16. The van der Waals surface area contributed by atoms with Gasteiger partial charge in [0.15, 0.2) is 0 Å². The van der Waals surface area contributed by atoms with E-state index < -0.39 is 17.6 Å². The summed E-state index contributed by atoms with van der Waals surface area (Å²) >= 11 is 0. The number of ether oxygens (including phenoxy) is 1. The number of aliphatic hydroxyl groups is 2. The van der Waals surface area contributed by atoms with Crippen molar-refractivity contribution in [2.75, 3.05) is 12.3 Å². The predicted octanol–water partition coefficient (Wildman–Crippen LogP) is 2.55. The van der Waals surface area contributed by atoms with Crippen LogP contribution in [0.4, 0.5) is 5.82 Å². The van der Waals surface area contributed by atoms with Crippen LogP contribution >= 0.6 is 0 Å². The fourth-order valence-electron chi connectivity index (χ4n) is 5.76. The molecule has 1 aromatic carbocycles. The van der Waals surface area contributed by atoms with Crippen LogP contribution in [0.3, 0.4) is 0 Å². The minimum absolute atomic E-state index is 0.0323. The van der Waals surface area contributed by atoms with E-state index in [1.165, 1.54) is 0 Å². The maximum absolute atomic E-state index is 11.1. The van der Waals surface area contributed by atoms with E-state index in [0.717, 1.165) is 39.6 Å². The fraction of sp³-hybridized carbons (Fsp3) is 0.400. The van der Waals surface area contributed by atoms with E-state index in [4.69, 9.17) is 10.5 Å². The normalized spacial score (nSPS) is 29.5. The van der Waals surface area contributed by atoms with Crippen LogP contribution < -0.4 is 5.73 Å². The molecule has 5 atom stereocenters. The molecule has 0 amide bonds. The van der Waals surface area contributed by atoms with Gasteiger partial charge < -0.3 is 25.3 Å². The molecule has 0 bridgehead atoms. The third-order valence-electron chi connectivity index (χ3n) is 7.51. The Morgan fingerprint density at radius 1 is 1.15 bits per heavy atom. The molecular weight excluding hydrogens is 418 g/mol. The number of nitrogens with zero attached hydrogens (tertiary/aromatic N) is 4. The minimum atomic E-state index is -0.883. The number of nitrogen functional groups attached to an aromatic ring is 1. The molecule has 1 saturated heterocycles. The van der Waals surface area contributed by atoms with E-state index in [-0.39, 0.29) is 12.1 Å². The number of hydrogen-bond donors (Lipinski definition) is 3. The Morgan fingerprint density at radius 3 is 2.88 bits per heavy atom. The van der Waals surface area contributed by atoms with Gasteiger partial charge in [-0.25, -0.2) is 15.0 Å². The van der Waals surface area contributed by atoms with Crippen LogP contribution in [0.2, 0.25) is 0 Å². The summed E-state index contributed by atoms with van der Waals surface area (Å²) in [7, 11) is 0. The monoisotopic (exact) mass is 445 g/mol. The van der Waals surface area contributed by atoms with E-state index in [1.807, 2.05) is 35.9 Å². The summed E-state index contributed by atoms with van der Waals surface area (Å²) in [5.41, 5.74) is 9.04. The molecule has 4 N–H and O–H groups in total. The van der Waals surface area contributed by atoms with E-state index in [9.17, 15) is 10.2 Å². The lowest BCUT2D eigenvalue weighted by molar-refractivity contribution is -0.0308. The van der Waals surface area contributed by atoms with Gasteiger partial charge in [0, 0.05) is 22.4 Å². The molecule has 6 rings (SSSR count). The number of rotatable bonds is 3. The Labute approximate surface area is 191 Å². The van der Waals surface area contributed by atoms with Crippen LogP contribution in [0.25, 0.3) is 21.9 Å². The first-order valence-corrected chi connectivity index (χ1v) is 11.3. The lowest BCUT2D eigenvalue weighted by atomic mass is 9.80. The summed E-state index contributed by atoms with van der Waals surface area (Å²) in [5, 5.41) is 24.1. The van der Waals surface area contributed by atoms with Crippen LogP contribution in [-0.4, -0.2) is 54.7 Å². The molecule has 1 aliphatic heterocycles. The lowest BCUT2D eigenvalue weighted by Crippen LogP contribution is -2.37. The van der Waals surface area contributed by atoms with Gasteiger partial charge in [-0.2, -0.15) is 0 Å². The molecule has 1 aliphatic carbocycles. The highest BCUT2D eigenvalue weighted by Gasteiger charge is 2.57. The molecule has 4 heterocycles. The molecule has 0 radical (unpaired) electrons. The van der Waals surface area contributed by atoms with E-state index in [0.29, 0.717) is 25.3 Å². The number of aromatic nitrogens is 4. The van der Waals surface area contributed by atoms with Gasteiger partial charge in [-0.3, -0.25) is 0 Å². The Hall–Kier alpha value is -3.07. The number of aryl methyl sites for hydroxylation is 1. The summed E-state index contributed by atoms with van der Waals surface area (Å²) in [6.07, 6.45) is 3.76. The van der Waals surface area contributed by atoms with Gasteiger partial charge >= 0.3 is 0 Å². The van der Waals surface area contributed by atoms with Gasteiger partial charge in [0.25, 0.3) is 0 Å². The van der Waals surface area contributed by atoms with Crippen molar-refractivity contribution in [1.29, 1.82) is 0 Å². The smallest absolute Gasteiger partial charge is 0.143 e. The molecule has 5 unspecified atom stereocenters. The number of pyridine rings is 1. The molecular formula is C25H27N5O3. The first-order valence-electron chi connectivity index (χ1n) is 11.3. The zero-order valence-corrected chi connectivity index (χ0v) is 18.4. The predicted molar refractivity (Wildman–Crippen MR) is 125 cm³/mol. The Morgan fingerprint density at radius 2 is 2.00 bits per heavy atom. The van der Waals surface area contributed by atoms with Crippen molar-refractivity contribution in [3.8, 4) is 0 Å². The average Bonchev–Trinajstić information content (AvgIpc) is 3.47.